The highest BCUT2D eigenvalue weighted by atomic mass is 16.2. The molecule has 0 fully saturated rings. The molecule has 0 spiro atoms. The Hall–Kier alpha value is -2.48. The molecule has 0 saturated carbocycles. The predicted octanol–water partition coefficient (Wildman–Crippen LogP) is 0.224. The zero-order valence-corrected chi connectivity index (χ0v) is 16.6. The number of nitrogens with one attached hydrogen (secondary N) is 3. The summed E-state index contributed by atoms with van der Waals surface area (Å²) in [7, 11) is 1.68. The topological polar surface area (TPSA) is 103 Å². The minimum atomic E-state index is -0.752. The number of fused-ring (bicyclic) bond motifs is 1. The van der Waals surface area contributed by atoms with Crippen LogP contribution in [0, 0.1) is 5.92 Å². The number of likely N-dealkylation sites (N-methyl/N-ethyl adjacent to an activating group) is 2. The molecular weight excluding hydrogens is 346 g/mol. The largest absolute Gasteiger partial charge is 0.355 e. The number of rotatable bonds is 7. The van der Waals surface area contributed by atoms with Crippen molar-refractivity contribution in [2.75, 3.05) is 18.5 Å². The van der Waals surface area contributed by atoms with Gasteiger partial charge in [0.2, 0.25) is 11.8 Å². The van der Waals surface area contributed by atoms with Crippen LogP contribution in [0.15, 0.2) is 18.3 Å². The maximum atomic E-state index is 13.4. The van der Waals surface area contributed by atoms with E-state index in [4.69, 9.17) is 0 Å². The fourth-order valence-corrected chi connectivity index (χ4v) is 3.09. The number of aromatic nitrogens is 1. The van der Waals surface area contributed by atoms with E-state index < -0.39 is 18.1 Å². The Bertz CT molecular complexity index is 706. The molecule has 3 N–H and O–H groups in total. The van der Waals surface area contributed by atoms with Gasteiger partial charge in [-0.2, -0.15) is 0 Å². The standard InChI is InChI=1S/C19H29N5O3/c1-6-21-18(26)14-10-13-8-7-9-22-16(13)24(14)19(27)15(11(2)3)23-17(25)12(4)20-5/h7-9,11-12,14-15,20H,6,10H2,1-5H3,(H,21,26)(H,23,25)/t12-,14?,15-/m0/s1. The van der Waals surface area contributed by atoms with Crippen LogP contribution in [-0.2, 0) is 20.8 Å². The van der Waals surface area contributed by atoms with E-state index in [9.17, 15) is 14.4 Å². The van der Waals surface area contributed by atoms with Gasteiger partial charge in [-0.05, 0) is 38.4 Å². The van der Waals surface area contributed by atoms with Crippen molar-refractivity contribution in [1.29, 1.82) is 0 Å². The summed E-state index contributed by atoms with van der Waals surface area (Å²) in [4.78, 5) is 44.1. The van der Waals surface area contributed by atoms with Crippen molar-refractivity contribution in [3.63, 3.8) is 0 Å². The van der Waals surface area contributed by atoms with Gasteiger partial charge in [-0.1, -0.05) is 19.9 Å². The summed E-state index contributed by atoms with van der Waals surface area (Å²) in [5, 5.41) is 8.46. The molecule has 1 unspecified atom stereocenters. The SMILES string of the molecule is CCNC(=O)C1Cc2cccnc2N1C(=O)[C@@H](NC(=O)[C@H](C)NC)C(C)C. The van der Waals surface area contributed by atoms with Gasteiger partial charge in [0.05, 0.1) is 6.04 Å². The fourth-order valence-electron chi connectivity index (χ4n) is 3.09. The fraction of sp³-hybridized carbons (Fsp3) is 0.579. The molecule has 8 heteroatoms. The van der Waals surface area contributed by atoms with Gasteiger partial charge in [-0.25, -0.2) is 4.98 Å². The molecule has 1 aliphatic rings. The number of hydrogen-bond donors (Lipinski definition) is 3. The van der Waals surface area contributed by atoms with Crippen LogP contribution in [0.25, 0.3) is 0 Å². The molecule has 2 heterocycles. The highest BCUT2D eigenvalue weighted by Crippen LogP contribution is 2.31. The van der Waals surface area contributed by atoms with Crippen LogP contribution in [0.2, 0.25) is 0 Å². The quantitative estimate of drug-likeness (QED) is 0.633. The van der Waals surface area contributed by atoms with E-state index in [2.05, 4.69) is 20.9 Å². The highest BCUT2D eigenvalue weighted by molar-refractivity contribution is 6.06. The van der Waals surface area contributed by atoms with Crippen molar-refractivity contribution in [3.8, 4) is 0 Å². The van der Waals surface area contributed by atoms with E-state index in [1.165, 1.54) is 4.90 Å². The van der Waals surface area contributed by atoms with Crippen LogP contribution in [0.3, 0.4) is 0 Å². The van der Waals surface area contributed by atoms with Gasteiger partial charge in [-0.15, -0.1) is 0 Å². The van der Waals surface area contributed by atoms with Crippen molar-refractivity contribution >= 4 is 23.5 Å². The Labute approximate surface area is 160 Å². The van der Waals surface area contributed by atoms with Gasteiger partial charge in [0.25, 0.3) is 5.91 Å². The van der Waals surface area contributed by atoms with E-state index >= 15 is 0 Å². The van der Waals surface area contributed by atoms with Crippen molar-refractivity contribution < 1.29 is 14.4 Å². The molecule has 8 nitrogen and oxygen atoms in total. The molecule has 3 atom stereocenters. The zero-order valence-electron chi connectivity index (χ0n) is 16.6. The first-order valence-electron chi connectivity index (χ1n) is 9.34. The van der Waals surface area contributed by atoms with E-state index in [1.807, 2.05) is 26.8 Å². The van der Waals surface area contributed by atoms with Crippen LogP contribution in [0.1, 0.15) is 33.3 Å². The maximum Gasteiger partial charge on any atom is 0.251 e. The lowest BCUT2D eigenvalue weighted by Gasteiger charge is -2.31. The van der Waals surface area contributed by atoms with E-state index in [-0.39, 0.29) is 23.6 Å². The normalized spacial score (nSPS) is 18.0. The Balaban J connectivity index is 2.35. The van der Waals surface area contributed by atoms with Crippen LogP contribution in [-0.4, -0.2) is 54.4 Å². The molecule has 148 valence electrons. The molecule has 1 aliphatic heterocycles. The number of carbonyl (C=O) groups excluding carboxylic acids is 3. The highest BCUT2D eigenvalue weighted by Gasteiger charge is 2.42. The van der Waals surface area contributed by atoms with Crippen LogP contribution in [0.5, 0.6) is 0 Å². The molecule has 1 aromatic rings. The van der Waals surface area contributed by atoms with E-state index in [0.717, 1.165) is 5.56 Å². The van der Waals surface area contributed by atoms with Gasteiger partial charge in [0, 0.05) is 19.2 Å². The van der Waals surface area contributed by atoms with Gasteiger partial charge >= 0.3 is 0 Å². The second-order valence-corrected chi connectivity index (χ2v) is 7.05. The summed E-state index contributed by atoms with van der Waals surface area (Å²) < 4.78 is 0. The lowest BCUT2D eigenvalue weighted by molar-refractivity contribution is -0.131. The monoisotopic (exact) mass is 375 g/mol. The molecule has 0 saturated heterocycles. The summed E-state index contributed by atoms with van der Waals surface area (Å²) in [5.41, 5.74) is 0.847. The smallest absolute Gasteiger partial charge is 0.251 e. The first-order chi connectivity index (χ1) is 12.8. The van der Waals surface area contributed by atoms with Gasteiger partial charge in [0.15, 0.2) is 0 Å². The molecule has 3 amide bonds. The molecule has 0 radical (unpaired) electrons. The van der Waals surface area contributed by atoms with Crippen LogP contribution < -0.4 is 20.9 Å². The summed E-state index contributed by atoms with van der Waals surface area (Å²) >= 11 is 0. The van der Waals surface area contributed by atoms with E-state index in [1.54, 1.807) is 26.2 Å². The Morgan fingerprint density at radius 2 is 2.00 bits per heavy atom. The summed E-state index contributed by atoms with van der Waals surface area (Å²) in [6.07, 6.45) is 2.01. The summed E-state index contributed by atoms with van der Waals surface area (Å²) in [6, 6.07) is 1.81. The number of amides is 3. The number of anilines is 1. The maximum absolute atomic E-state index is 13.4. The first kappa shape index (κ1) is 20.8. The Morgan fingerprint density at radius 1 is 1.30 bits per heavy atom. The van der Waals surface area contributed by atoms with Gasteiger partial charge in [0.1, 0.15) is 17.9 Å². The number of carbonyl (C=O) groups is 3. The average Bonchev–Trinajstić information content (AvgIpc) is 3.04. The van der Waals surface area contributed by atoms with Gasteiger partial charge < -0.3 is 16.0 Å². The van der Waals surface area contributed by atoms with E-state index in [0.29, 0.717) is 18.8 Å². The number of hydrogen-bond acceptors (Lipinski definition) is 5. The van der Waals surface area contributed by atoms with Gasteiger partial charge in [-0.3, -0.25) is 19.3 Å². The first-order valence-corrected chi connectivity index (χ1v) is 9.34. The van der Waals surface area contributed by atoms with Crippen molar-refractivity contribution in [2.45, 2.75) is 52.2 Å². The van der Waals surface area contributed by atoms with Crippen molar-refractivity contribution in [1.82, 2.24) is 20.9 Å². The summed E-state index contributed by atoms with van der Waals surface area (Å²) in [5.74, 6) is -0.468. The third-order valence-corrected chi connectivity index (χ3v) is 4.77. The minimum Gasteiger partial charge on any atom is -0.355 e. The zero-order chi connectivity index (χ0) is 20.1. The molecule has 0 aromatic carbocycles. The van der Waals surface area contributed by atoms with Crippen molar-refractivity contribution in [3.05, 3.63) is 23.9 Å². The number of nitrogens with zero attached hydrogens (tertiary/aromatic N) is 2. The summed E-state index contributed by atoms with van der Waals surface area (Å²) in [6.45, 7) is 7.76. The molecule has 27 heavy (non-hydrogen) atoms. The second kappa shape index (κ2) is 8.94. The lowest BCUT2D eigenvalue weighted by Crippen LogP contribution is -2.58. The second-order valence-electron chi connectivity index (χ2n) is 7.05. The molecule has 2 rings (SSSR count). The van der Waals surface area contributed by atoms with Crippen LogP contribution >= 0.6 is 0 Å². The average molecular weight is 375 g/mol. The molecule has 0 bridgehead atoms. The molecular formula is C19H29N5O3. The Kier molecular flexibility index (Phi) is 6.90. The van der Waals surface area contributed by atoms with Crippen molar-refractivity contribution in [2.24, 2.45) is 5.92 Å². The molecule has 0 aliphatic carbocycles. The predicted molar refractivity (Wildman–Crippen MR) is 103 cm³/mol. The third kappa shape index (κ3) is 4.44. The Morgan fingerprint density at radius 3 is 2.59 bits per heavy atom. The third-order valence-electron chi connectivity index (χ3n) is 4.77. The molecule has 1 aromatic heterocycles. The minimum absolute atomic E-state index is 0.145. The lowest BCUT2D eigenvalue weighted by atomic mass is 10.0. The van der Waals surface area contributed by atoms with Crippen LogP contribution in [0.4, 0.5) is 5.82 Å². The number of pyridine rings is 1.